The van der Waals surface area contributed by atoms with Crippen LogP contribution >= 0.6 is 0 Å². The zero-order chi connectivity index (χ0) is 21.9. The molecule has 0 spiro atoms. The molecule has 4 nitrogen and oxygen atoms in total. The number of rotatable bonds is 13. The minimum Gasteiger partial charge on any atom is -0.481 e. The fourth-order valence-electron chi connectivity index (χ4n) is 4.89. The molecule has 0 saturated heterocycles. The molecular weight excluding hydrogens is 376 g/mol. The van der Waals surface area contributed by atoms with Crippen LogP contribution in [-0.4, -0.2) is 22.2 Å². The average molecular weight is 415 g/mol. The third-order valence-corrected chi connectivity index (χ3v) is 8.00. The number of unbranched alkanes of at least 4 members (excludes halogenated alkanes) is 3. The van der Waals surface area contributed by atoms with Crippen molar-refractivity contribution in [2.24, 2.45) is 10.8 Å². The second kappa shape index (κ2) is 9.11. The summed E-state index contributed by atoms with van der Waals surface area (Å²) in [6.07, 6.45) is 12.4. The highest BCUT2D eigenvalue weighted by Crippen LogP contribution is 2.50. The average Bonchev–Trinajstić information content (AvgIpc) is 3.61. The van der Waals surface area contributed by atoms with E-state index in [0.717, 1.165) is 83.5 Å². The number of hydrogen-bond donors (Lipinski definition) is 2. The lowest BCUT2D eigenvalue weighted by molar-refractivity contribution is -0.144. The number of carbonyl (C=O) groups is 2. The summed E-state index contributed by atoms with van der Waals surface area (Å²) in [5, 5.41) is 18.6. The van der Waals surface area contributed by atoms with Gasteiger partial charge in [0.2, 0.25) is 0 Å². The lowest BCUT2D eigenvalue weighted by Crippen LogP contribution is -2.14. The fourth-order valence-corrected chi connectivity index (χ4v) is 4.89. The van der Waals surface area contributed by atoms with Gasteiger partial charge in [-0.2, -0.15) is 0 Å². The first kappa shape index (κ1) is 22.8. The Bertz CT molecular complexity index is 800. The number of carboxylic acid groups (broad SMARTS) is 2. The Labute approximate surface area is 181 Å². The van der Waals surface area contributed by atoms with Crippen LogP contribution in [0.25, 0.3) is 0 Å². The van der Waals surface area contributed by atoms with Crippen LogP contribution < -0.4 is 0 Å². The Morgan fingerprint density at radius 3 is 1.50 bits per heavy atom. The van der Waals surface area contributed by atoms with Gasteiger partial charge >= 0.3 is 11.9 Å². The molecule has 0 aromatic heterocycles. The van der Waals surface area contributed by atoms with Crippen molar-refractivity contribution in [3.8, 4) is 0 Å². The maximum Gasteiger partial charge on any atom is 0.309 e. The molecule has 0 unspecified atom stereocenters. The van der Waals surface area contributed by atoms with Crippen LogP contribution in [0.4, 0.5) is 0 Å². The normalized spacial score (nSPS) is 18.2. The molecule has 0 amide bonds. The maximum absolute atomic E-state index is 11.3. The fraction of sp³-hybridized carbons (Fsp3) is 0.692. The van der Waals surface area contributed by atoms with Gasteiger partial charge in [-0.3, -0.25) is 9.59 Å². The SMILES string of the molecule is Cc1c(CCCCCC2(C(=O)O)CC2)cc(CCCCC2(C(=O)O)CC2)c(C)c1C. The number of benzene rings is 1. The first-order valence-electron chi connectivity index (χ1n) is 11.8. The van der Waals surface area contributed by atoms with Crippen LogP contribution in [0.1, 0.15) is 98.4 Å². The van der Waals surface area contributed by atoms with E-state index in [4.69, 9.17) is 0 Å². The van der Waals surface area contributed by atoms with Crippen LogP contribution in [0.15, 0.2) is 6.07 Å². The van der Waals surface area contributed by atoms with E-state index in [1.54, 1.807) is 0 Å². The summed E-state index contributed by atoms with van der Waals surface area (Å²) in [5.41, 5.74) is 6.21. The van der Waals surface area contributed by atoms with Gasteiger partial charge < -0.3 is 10.2 Å². The summed E-state index contributed by atoms with van der Waals surface area (Å²) in [7, 11) is 0. The molecule has 3 rings (SSSR count). The van der Waals surface area contributed by atoms with Gasteiger partial charge in [-0.25, -0.2) is 0 Å². The molecular formula is C26H38O4. The third-order valence-electron chi connectivity index (χ3n) is 8.00. The van der Waals surface area contributed by atoms with Gasteiger partial charge in [-0.05, 0) is 113 Å². The second-order valence-electron chi connectivity index (χ2n) is 10.0. The molecule has 166 valence electrons. The lowest BCUT2D eigenvalue weighted by atomic mass is 9.88. The quantitative estimate of drug-likeness (QED) is 0.379. The Morgan fingerprint density at radius 2 is 1.10 bits per heavy atom. The van der Waals surface area contributed by atoms with E-state index in [1.807, 2.05) is 0 Å². The first-order valence-corrected chi connectivity index (χ1v) is 11.8. The highest BCUT2D eigenvalue weighted by Gasteiger charge is 2.49. The smallest absolute Gasteiger partial charge is 0.309 e. The summed E-state index contributed by atoms with van der Waals surface area (Å²) >= 11 is 0. The molecule has 30 heavy (non-hydrogen) atoms. The molecule has 1 aromatic rings. The Balaban J connectivity index is 1.48. The largest absolute Gasteiger partial charge is 0.481 e. The molecule has 2 aliphatic rings. The maximum atomic E-state index is 11.3. The van der Waals surface area contributed by atoms with Gasteiger partial charge in [0.25, 0.3) is 0 Å². The topological polar surface area (TPSA) is 74.6 Å². The number of hydrogen-bond acceptors (Lipinski definition) is 2. The standard InChI is InChI=1S/C26H38O4/c1-18-19(2)21(9-5-4-7-11-25(13-14-25)23(27)28)17-22(20(18)3)10-6-8-12-26(15-16-26)24(29)30/h17H,4-16H2,1-3H3,(H,27,28)(H,29,30). The highest BCUT2D eigenvalue weighted by atomic mass is 16.4. The van der Waals surface area contributed by atoms with E-state index >= 15 is 0 Å². The Morgan fingerprint density at radius 1 is 0.700 bits per heavy atom. The summed E-state index contributed by atoms with van der Waals surface area (Å²) in [4.78, 5) is 22.6. The van der Waals surface area contributed by atoms with Crippen molar-refractivity contribution in [1.29, 1.82) is 0 Å². The minimum absolute atomic E-state index is 0.386. The summed E-state index contributed by atoms with van der Waals surface area (Å²) in [6.45, 7) is 6.64. The Kier molecular flexibility index (Phi) is 6.94. The molecule has 2 aliphatic carbocycles. The second-order valence-corrected chi connectivity index (χ2v) is 10.0. The highest BCUT2D eigenvalue weighted by molar-refractivity contribution is 5.78. The molecule has 1 aromatic carbocycles. The third kappa shape index (κ3) is 5.07. The van der Waals surface area contributed by atoms with Crippen molar-refractivity contribution < 1.29 is 19.8 Å². The summed E-state index contributed by atoms with van der Waals surface area (Å²) < 4.78 is 0. The molecule has 0 heterocycles. The van der Waals surface area contributed by atoms with Gasteiger partial charge in [-0.1, -0.05) is 25.3 Å². The minimum atomic E-state index is -0.608. The molecule has 0 aliphatic heterocycles. The van der Waals surface area contributed by atoms with Crippen molar-refractivity contribution in [2.75, 3.05) is 0 Å². The molecule has 2 saturated carbocycles. The first-order chi connectivity index (χ1) is 14.2. The Hall–Kier alpha value is -1.84. The van der Waals surface area contributed by atoms with Gasteiger partial charge in [0.05, 0.1) is 10.8 Å². The summed E-state index contributed by atoms with van der Waals surface area (Å²) in [6, 6.07) is 2.38. The molecule has 2 fully saturated rings. The van der Waals surface area contributed by atoms with Crippen LogP contribution in [0.2, 0.25) is 0 Å². The van der Waals surface area contributed by atoms with Crippen LogP contribution in [0.5, 0.6) is 0 Å². The van der Waals surface area contributed by atoms with Gasteiger partial charge in [0, 0.05) is 0 Å². The predicted octanol–water partition coefficient (Wildman–Crippen LogP) is 6.16. The molecule has 0 atom stereocenters. The van der Waals surface area contributed by atoms with Crippen molar-refractivity contribution in [1.82, 2.24) is 0 Å². The van der Waals surface area contributed by atoms with Crippen molar-refractivity contribution in [3.05, 3.63) is 33.9 Å². The molecule has 2 N–H and O–H groups in total. The van der Waals surface area contributed by atoms with Gasteiger partial charge in [0.15, 0.2) is 0 Å². The van der Waals surface area contributed by atoms with Crippen LogP contribution in [0.3, 0.4) is 0 Å². The zero-order valence-corrected chi connectivity index (χ0v) is 19.0. The van der Waals surface area contributed by atoms with E-state index < -0.39 is 17.4 Å². The van der Waals surface area contributed by atoms with Crippen molar-refractivity contribution in [3.63, 3.8) is 0 Å². The van der Waals surface area contributed by atoms with Gasteiger partial charge in [-0.15, -0.1) is 0 Å². The van der Waals surface area contributed by atoms with Crippen molar-refractivity contribution >= 4 is 11.9 Å². The molecule has 0 bridgehead atoms. The predicted molar refractivity (Wildman–Crippen MR) is 119 cm³/mol. The van der Waals surface area contributed by atoms with E-state index in [2.05, 4.69) is 26.8 Å². The van der Waals surface area contributed by atoms with E-state index in [0.29, 0.717) is 0 Å². The summed E-state index contributed by atoms with van der Waals surface area (Å²) in [5.74, 6) is -1.21. The number of aryl methyl sites for hydroxylation is 2. The molecule has 0 radical (unpaired) electrons. The van der Waals surface area contributed by atoms with E-state index in [1.165, 1.54) is 27.8 Å². The van der Waals surface area contributed by atoms with Gasteiger partial charge in [0.1, 0.15) is 0 Å². The monoisotopic (exact) mass is 414 g/mol. The van der Waals surface area contributed by atoms with Crippen molar-refractivity contribution in [2.45, 2.75) is 104 Å². The number of carboxylic acids is 2. The van der Waals surface area contributed by atoms with E-state index in [9.17, 15) is 19.8 Å². The van der Waals surface area contributed by atoms with E-state index in [-0.39, 0.29) is 5.41 Å². The van der Waals surface area contributed by atoms with Crippen LogP contribution in [0, 0.1) is 31.6 Å². The van der Waals surface area contributed by atoms with Crippen LogP contribution in [-0.2, 0) is 22.4 Å². The lowest BCUT2D eigenvalue weighted by Gasteiger charge is -2.17. The zero-order valence-electron chi connectivity index (χ0n) is 19.0. The molecule has 4 heteroatoms. The number of aliphatic carboxylic acids is 2.